The molecule has 1 atom stereocenters. The van der Waals surface area contributed by atoms with E-state index in [4.69, 9.17) is 10.8 Å². The van der Waals surface area contributed by atoms with Gasteiger partial charge in [0.05, 0.1) is 0 Å². The van der Waals surface area contributed by atoms with E-state index in [-0.39, 0.29) is 18.7 Å². The molecule has 0 rings (SSSR count). The Kier molecular flexibility index (Phi) is 16.4. The molecule has 0 spiro atoms. The molecule has 0 saturated heterocycles. The number of carboxylic acid groups (broad SMARTS) is 1. The highest BCUT2D eigenvalue weighted by atomic mass is 16.4. The molecule has 0 aliphatic rings. The van der Waals surface area contributed by atoms with Crippen LogP contribution >= 0.6 is 0 Å². The molecule has 27 heavy (non-hydrogen) atoms. The number of amides is 2. The average Bonchev–Trinajstić information content (AvgIpc) is 2.62. The largest absolute Gasteiger partial charge is 0.480 e. The molecule has 0 aromatic carbocycles. The van der Waals surface area contributed by atoms with Gasteiger partial charge in [0, 0.05) is 12.8 Å². The van der Waals surface area contributed by atoms with Gasteiger partial charge in [-0.3, -0.25) is 9.59 Å². The van der Waals surface area contributed by atoms with Crippen molar-refractivity contribution in [3.05, 3.63) is 12.2 Å². The minimum absolute atomic E-state index is 0.0303. The molecular formula is C21H38N2O4. The summed E-state index contributed by atoms with van der Waals surface area (Å²) in [4.78, 5) is 33.6. The molecular weight excluding hydrogens is 344 g/mol. The maximum Gasteiger partial charge on any atom is 0.326 e. The highest BCUT2D eigenvalue weighted by Crippen LogP contribution is 2.09. The molecule has 4 N–H and O–H groups in total. The van der Waals surface area contributed by atoms with E-state index < -0.39 is 17.9 Å². The van der Waals surface area contributed by atoms with E-state index >= 15 is 0 Å². The number of carboxylic acids is 1. The van der Waals surface area contributed by atoms with Crippen molar-refractivity contribution in [1.29, 1.82) is 0 Å². The summed E-state index contributed by atoms with van der Waals surface area (Å²) in [5, 5.41) is 11.5. The molecule has 0 aliphatic heterocycles. The number of rotatable bonds is 18. The highest BCUT2D eigenvalue weighted by Gasteiger charge is 2.20. The third-order valence-corrected chi connectivity index (χ3v) is 4.48. The van der Waals surface area contributed by atoms with Crippen LogP contribution in [-0.4, -0.2) is 28.9 Å². The topological polar surface area (TPSA) is 109 Å². The predicted molar refractivity (Wildman–Crippen MR) is 108 cm³/mol. The number of hydrogen-bond donors (Lipinski definition) is 3. The Morgan fingerprint density at radius 1 is 0.889 bits per heavy atom. The van der Waals surface area contributed by atoms with Crippen molar-refractivity contribution in [2.45, 2.75) is 103 Å². The summed E-state index contributed by atoms with van der Waals surface area (Å²) in [6.07, 6.45) is 17.5. The fourth-order valence-electron chi connectivity index (χ4n) is 2.81. The summed E-state index contributed by atoms with van der Waals surface area (Å²) in [5.41, 5.74) is 5.01. The van der Waals surface area contributed by atoms with Crippen molar-refractivity contribution in [2.24, 2.45) is 5.73 Å². The normalized spacial score (nSPS) is 12.2. The summed E-state index contributed by atoms with van der Waals surface area (Å²) in [6.45, 7) is 2.22. The molecule has 6 heteroatoms. The first-order valence-corrected chi connectivity index (χ1v) is 10.4. The second-order valence-electron chi connectivity index (χ2n) is 7.09. The van der Waals surface area contributed by atoms with Crippen molar-refractivity contribution >= 4 is 17.8 Å². The van der Waals surface area contributed by atoms with Gasteiger partial charge in [-0.2, -0.15) is 0 Å². The van der Waals surface area contributed by atoms with Gasteiger partial charge in [0.25, 0.3) is 0 Å². The smallest absolute Gasteiger partial charge is 0.326 e. The lowest BCUT2D eigenvalue weighted by atomic mass is 10.1. The standard InChI is InChI=1S/C21H38N2O4/c1-2-3-4-5-6-7-8-9-10-11-12-13-14-15-20(25)23-18(21(26)27)16-17-19(22)24/h7-8,18H,2-6,9-17H2,1H3,(H2,22,24)(H,23,25)(H,26,27). The molecule has 0 radical (unpaired) electrons. The van der Waals surface area contributed by atoms with Crippen LogP contribution in [0.3, 0.4) is 0 Å². The minimum atomic E-state index is -1.14. The SMILES string of the molecule is CCCCCCC=CCCCCCCCC(=O)NC(CCC(N)=O)C(=O)O. The summed E-state index contributed by atoms with van der Waals surface area (Å²) in [6, 6.07) is -1.04. The van der Waals surface area contributed by atoms with Crippen LogP contribution in [0.15, 0.2) is 12.2 Å². The van der Waals surface area contributed by atoms with E-state index in [0.29, 0.717) is 6.42 Å². The van der Waals surface area contributed by atoms with Crippen LogP contribution in [0.25, 0.3) is 0 Å². The number of primary amides is 1. The lowest BCUT2D eigenvalue weighted by Gasteiger charge is -2.13. The van der Waals surface area contributed by atoms with E-state index in [0.717, 1.165) is 32.1 Å². The van der Waals surface area contributed by atoms with Gasteiger partial charge in [-0.1, -0.05) is 57.6 Å². The fourth-order valence-corrected chi connectivity index (χ4v) is 2.81. The third kappa shape index (κ3) is 17.3. The van der Waals surface area contributed by atoms with E-state index in [1.807, 2.05) is 0 Å². The summed E-state index contributed by atoms with van der Waals surface area (Å²) in [5.74, 6) is -1.98. The van der Waals surface area contributed by atoms with Gasteiger partial charge < -0.3 is 16.2 Å². The summed E-state index contributed by atoms with van der Waals surface area (Å²) < 4.78 is 0. The van der Waals surface area contributed by atoms with Crippen molar-refractivity contribution < 1.29 is 19.5 Å². The lowest BCUT2D eigenvalue weighted by molar-refractivity contribution is -0.142. The Morgan fingerprint density at radius 2 is 1.44 bits per heavy atom. The van der Waals surface area contributed by atoms with Gasteiger partial charge in [-0.25, -0.2) is 4.79 Å². The van der Waals surface area contributed by atoms with E-state index in [9.17, 15) is 14.4 Å². The Balaban J connectivity index is 3.60. The molecule has 0 fully saturated rings. The Labute approximate surface area is 164 Å². The second kappa shape index (κ2) is 17.6. The first kappa shape index (κ1) is 25.1. The molecule has 0 aromatic heterocycles. The van der Waals surface area contributed by atoms with E-state index in [1.54, 1.807) is 0 Å². The molecule has 156 valence electrons. The molecule has 0 aromatic rings. The molecule has 1 unspecified atom stereocenters. The Morgan fingerprint density at radius 3 is 2.00 bits per heavy atom. The zero-order valence-electron chi connectivity index (χ0n) is 16.9. The van der Waals surface area contributed by atoms with Gasteiger partial charge in [0.15, 0.2) is 0 Å². The van der Waals surface area contributed by atoms with Crippen LogP contribution in [0.5, 0.6) is 0 Å². The van der Waals surface area contributed by atoms with Crippen LogP contribution in [0.4, 0.5) is 0 Å². The average molecular weight is 383 g/mol. The zero-order chi connectivity index (χ0) is 20.3. The quantitative estimate of drug-likeness (QED) is 0.245. The number of unbranched alkanes of at least 4 members (excludes halogenated alkanes) is 9. The number of carbonyl (C=O) groups excluding carboxylic acids is 2. The molecule has 0 heterocycles. The first-order valence-electron chi connectivity index (χ1n) is 10.4. The van der Waals surface area contributed by atoms with Crippen LogP contribution in [0.1, 0.15) is 96.8 Å². The van der Waals surface area contributed by atoms with Crippen molar-refractivity contribution in [2.75, 3.05) is 0 Å². The highest BCUT2D eigenvalue weighted by molar-refractivity contribution is 5.84. The van der Waals surface area contributed by atoms with Crippen molar-refractivity contribution in [3.63, 3.8) is 0 Å². The Bertz CT molecular complexity index is 449. The van der Waals surface area contributed by atoms with Gasteiger partial charge in [0.1, 0.15) is 6.04 Å². The second-order valence-corrected chi connectivity index (χ2v) is 7.09. The number of nitrogens with two attached hydrogens (primary N) is 1. The number of carbonyl (C=O) groups is 3. The number of aliphatic carboxylic acids is 1. The van der Waals surface area contributed by atoms with Gasteiger partial charge in [-0.05, 0) is 38.5 Å². The van der Waals surface area contributed by atoms with Crippen LogP contribution in [-0.2, 0) is 14.4 Å². The maximum absolute atomic E-state index is 11.8. The molecule has 6 nitrogen and oxygen atoms in total. The number of nitrogens with one attached hydrogen (secondary N) is 1. The minimum Gasteiger partial charge on any atom is -0.480 e. The molecule has 0 saturated carbocycles. The van der Waals surface area contributed by atoms with Gasteiger partial charge in [-0.15, -0.1) is 0 Å². The van der Waals surface area contributed by atoms with E-state index in [2.05, 4.69) is 24.4 Å². The van der Waals surface area contributed by atoms with Crippen LogP contribution in [0.2, 0.25) is 0 Å². The molecule has 0 aliphatic carbocycles. The number of hydrogen-bond acceptors (Lipinski definition) is 3. The van der Waals surface area contributed by atoms with E-state index in [1.165, 1.54) is 38.5 Å². The zero-order valence-corrected chi connectivity index (χ0v) is 16.9. The summed E-state index contributed by atoms with van der Waals surface area (Å²) in [7, 11) is 0. The monoisotopic (exact) mass is 382 g/mol. The lowest BCUT2D eigenvalue weighted by Crippen LogP contribution is -2.41. The van der Waals surface area contributed by atoms with Gasteiger partial charge in [0.2, 0.25) is 11.8 Å². The van der Waals surface area contributed by atoms with Crippen LogP contribution < -0.4 is 11.1 Å². The number of allylic oxidation sites excluding steroid dienone is 2. The molecule has 2 amide bonds. The van der Waals surface area contributed by atoms with Crippen LogP contribution in [0, 0.1) is 0 Å². The summed E-state index contributed by atoms with van der Waals surface area (Å²) >= 11 is 0. The van der Waals surface area contributed by atoms with Crippen molar-refractivity contribution in [1.82, 2.24) is 5.32 Å². The fraction of sp³-hybridized carbons (Fsp3) is 0.762. The maximum atomic E-state index is 11.8. The van der Waals surface area contributed by atoms with Crippen molar-refractivity contribution in [3.8, 4) is 0 Å². The van der Waals surface area contributed by atoms with Gasteiger partial charge >= 0.3 is 5.97 Å². The Hall–Kier alpha value is -1.85. The third-order valence-electron chi connectivity index (χ3n) is 4.48. The predicted octanol–water partition coefficient (Wildman–Crippen LogP) is 4.08. The first-order chi connectivity index (χ1) is 13.0. The molecule has 0 bridgehead atoms.